The molecule has 0 aliphatic carbocycles. The number of ketones is 1. The van der Waals surface area contributed by atoms with Gasteiger partial charge in [0.25, 0.3) is 11.8 Å². The lowest BCUT2D eigenvalue weighted by Crippen LogP contribution is -2.58. The van der Waals surface area contributed by atoms with Crippen molar-refractivity contribution in [3.05, 3.63) is 71.1 Å². The molecule has 1 saturated heterocycles. The van der Waals surface area contributed by atoms with E-state index < -0.39 is 52.8 Å². The molecule has 2 aliphatic heterocycles. The van der Waals surface area contributed by atoms with Gasteiger partial charge in [-0.25, -0.2) is 9.59 Å². The molecule has 1 fully saturated rings. The minimum absolute atomic E-state index is 0.0430. The largest absolute Gasteiger partial charge is 0.454 e. The molecular weight excluding hydrogens is 674 g/mol. The number of fused-ring (bicyclic) bond motifs is 1. The third kappa shape index (κ3) is 7.93. The van der Waals surface area contributed by atoms with Crippen molar-refractivity contribution in [2.45, 2.75) is 78.5 Å². The van der Waals surface area contributed by atoms with Crippen LogP contribution in [-0.4, -0.2) is 89.0 Å². The monoisotopic (exact) mass is 719 g/mol. The maximum absolute atomic E-state index is 14.2. The molecule has 1 aromatic heterocycles. The van der Waals surface area contributed by atoms with Crippen molar-refractivity contribution in [1.29, 1.82) is 0 Å². The van der Waals surface area contributed by atoms with E-state index in [2.05, 4.69) is 15.7 Å². The molecule has 3 aromatic rings. The molecule has 2 aliphatic rings. The molecule has 278 valence electrons. The summed E-state index contributed by atoms with van der Waals surface area (Å²) in [6, 6.07) is 12.2. The number of aromatic nitrogens is 2. The Morgan fingerprint density at radius 2 is 1.73 bits per heavy atom. The number of hydrogen-bond acceptors (Lipinski definition) is 13. The van der Waals surface area contributed by atoms with E-state index in [9.17, 15) is 24.0 Å². The third-order valence-corrected chi connectivity index (χ3v) is 9.44. The molecule has 2 aromatic carbocycles. The van der Waals surface area contributed by atoms with E-state index >= 15 is 0 Å². The second-order valence-corrected chi connectivity index (χ2v) is 14.4. The maximum atomic E-state index is 14.2. The second kappa shape index (κ2) is 15.5. The van der Waals surface area contributed by atoms with Gasteiger partial charge in [-0.2, -0.15) is 4.90 Å². The summed E-state index contributed by atoms with van der Waals surface area (Å²) in [6.45, 7) is 11.1. The van der Waals surface area contributed by atoms with Crippen LogP contribution in [-0.2, 0) is 31.1 Å². The van der Waals surface area contributed by atoms with Crippen molar-refractivity contribution in [1.82, 2.24) is 25.5 Å². The van der Waals surface area contributed by atoms with E-state index in [-0.39, 0.29) is 37.2 Å². The van der Waals surface area contributed by atoms with Crippen molar-refractivity contribution in [2.75, 3.05) is 27.0 Å². The normalized spacial score (nSPS) is 16.3. The highest BCUT2D eigenvalue weighted by Crippen LogP contribution is 2.41. The number of nitrogens with one attached hydrogen (secondary N) is 1. The van der Waals surface area contributed by atoms with Crippen LogP contribution in [0.25, 0.3) is 0 Å². The molecular formula is C37H45N5O10. The van der Waals surface area contributed by atoms with Crippen LogP contribution in [0.4, 0.5) is 9.59 Å². The summed E-state index contributed by atoms with van der Waals surface area (Å²) >= 11 is 0. The highest BCUT2D eigenvalue weighted by Gasteiger charge is 2.46. The molecule has 1 unspecified atom stereocenters. The number of carbonyl (C=O) groups excluding carboxylic acids is 5. The zero-order valence-electron chi connectivity index (χ0n) is 30.5. The van der Waals surface area contributed by atoms with Gasteiger partial charge in [0.1, 0.15) is 12.6 Å². The number of methoxy groups -OCH3 is 1. The van der Waals surface area contributed by atoms with Crippen molar-refractivity contribution in [3.8, 4) is 11.5 Å². The first-order chi connectivity index (χ1) is 24.6. The van der Waals surface area contributed by atoms with E-state index in [1.807, 2.05) is 32.0 Å². The van der Waals surface area contributed by atoms with E-state index in [1.54, 1.807) is 62.9 Å². The van der Waals surface area contributed by atoms with Crippen molar-refractivity contribution in [2.24, 2.45) is 11.3 Å². The standard InChI is InChI=1S/C37H45N5O10/c1-22(2)28(38-34(46)49-19-23-12-9-8-10-13-23)33(45)42(35(47)48-7)32(44)25-14-11-17-41(25)20-36(3,4)30(43)29-31(52-40-39-29)37(5,6)24-15-16-26-27(18-24)51-21-50-26/h8-10,12-13,15-16,18,22,25,28H,11,14,17,19-21H2,1-7H3,(H,38,46)/t25-,28?/m0/s1. The zero-order chi connectivity index (χ0) is 37.8. The number of imide groups is 3. The highest BCUT2D eigenvalue weighted by molar-refractivity contribution is 6.12. The molecule has 0 spiro atoms. The summed E-state index contributed by atoms with van der Waals surface area (Å²) in [7, 11) is 1.06. The lowest BCUT2D eigenvalue weighted by atomic mass is 9.77. The number of Topliss-reactive ketones (excluding diaryl/α,β-unsaturated/α-hetero) is 1. The first-order valence-electron chi connectivity index (χ1n) is 17.1. The molecule has 15 heteroatoms. The fourth-order valence-electron chi connectivity index (χ4n) is 6.43. The fraction of sp³-hybridized carbons (Fsp3) is 0.486. The summed E-state index contributed by atoms with van der Waals surface area (Å²) < 4.78 is 26.7. The fourth-order valence-corrected chi connectivity index (χ4v) is 6.43. The second-order valence-electron chi connectivity index (χ2n) is 14.4. The smallest absolute Gasteiger partial charge is 0.423 e. The summed E-state index contributed by atoms with van der Waals surface area (Å²) in [5, 5.41) is 10.3. The van der Waals surface area contributed by atoms with Crippen LogP contribution in [0.15, 0.2) is 53.1 Å². The Balaban J connectivity index is 1.31. The van der Waals surface area contributed by atoms with Gasteiger partial charge in [-0.1, -0.05) is 64.1 Å². The lowest BCUT2D eigenvalue weighted by Gasteiger charge is -2.34. The number of likely N-dealkylation sites (tertiary alicyclic amines) is 1. The average molecular weight is 720 g/mol. The number of benzene rings is 2. The van der Waals surface area contributed by atoms with Gasteiger partial charge in [-0.05, 0) is 62.4 Å². The quantitative estimate of drug-likeness (QED) is 0.251. The Morgan fingerprint density at radius 1 is 1.02 bits per heavy atom. The molecule has 4 amide bonds. The first-order valence-corrected chi connectivity index (χ1v) is 17.1. The predicted octanol–water partition coefficient (Wildman–Crippen LogP) is 4.87. The molecule has 52 heavy (non-hydrogen) atoms. The highest BCUT2D eigenvalue weighted by atomic mass is 16.7. The average Bonchev–Trinajstić information content (AvgIpc) is 3.90. The molecule has 1 N–H and O–H groups in total. The zero-order valence-corrected chi connectivity index (χ0v) is 30.5. The number of alkyl carbamates (subject to hydrolysis) is 1. The van der Waals surface area contributed by atoms with E-state index in [1.165, 1.54) is 0 Å². The van der Waals surface area contributed by atoms with Gasteiger partial charge < -0.3 is 28.8 Å². The molecule has 0 radical (unpaired) electrons. The molecule has 0 saturated carbocycles. The molecule has 3 heterocycles. The lowest BCUT2D eigenvalue weighted by molar-refractivity contribution is -0.147. The van der Waals surface area contributed by atoms with Crippen LogP contribution in [0.1, 0.15) is 81.8 Å². The van der Waals surface area contributed by atoms with Gasteiger partial charge in [0, 0.05) is 17.2 Å². The molecule has 0 bridgehead atoms. The molecule has 5 rings (SSSR count). The van der Waals surface area contributed by atoms with Crippen LogP contribution in [0, 0.1) is 11.3 Å². The Bertz CT molecular complexity index is 1800. The van der Waals surface area contributed by atoms with Gasteiger partial charge in [-0.3, -0.25) is 19.3 Å². The van der Waals surface area contributed by atoms with Gasteiger partial charge in [-0.15, -0.1) is 5.10 Å². The summed E-state index contributed by atoms with van der Waals surface area (Å²) in [6.07, 6.45) is -1.20. The van der Waals surface area contributed by atoms with Crippen molar-refractivity contribution >= 4 is 29.8 Å². The van der Waals surface area contributed by atoms with Crippen LogP contribution in [0.5, 0.6) is 11.5 Å². The number of amides is 4. The van der Waals surface area contributed by atoms with Crippen LogP contribution in [0.3, 0.4) is 0 Å². The number of ether oxygens (including phenoxy) is 4. The topological polar surface area (TPSA) is 180 Å². The SMILES string of the molecule is COC(=O)N(C(=O)C(NC(=O)OCc1ccccc1)C(C)C)C(=O)[C@@H]1CCCN1CC(C)(C)C(=O)c1nnoc1C(C)(C)c1ccc2c(c1)OCO2. The molecule has 15 nitrogen and oxygen atoms in total. The Hall–Kier alpha value is -5.31. The number of nitrogens with zero attached hydrogens (tertiary/aromatic N) is 4. The Labute approximate surface area is 301 Å². The summed E-state index contributed by atoms with van der Waals surface area (Å²) in [5.74, 6) is -1.23. The van der Waals surface area contributed by atoms with Crippen LogP contribution in [0.2, 0.25) is 0 Å². The van der Waals surface area contributed by atoms with Gasteiger partial charge >= 0.3 is 12.2 Å². The Morgan fingerprint density at radius 3 is 2.42 bits per heavy atom. The Kier molecular flexibility index (Phi) is 11.3. The van der Waals surface area contributed by atoms with Gasteiger partial charge in [0.2, 0.25) is 6.79 Å². The number of carbonyl (C=O) groups is 5. The van der Waals surface area contributed by atoms with Gasteiger partial charge in [0.15, 0.2) is 28.7 Å². The first kappa shape index (κ1) is 37.9. The van der Waals surface area contributed by atoms with Crippen LogP contribution < -0.4 is 14.8 Å². The predicted molar refractivity (Wildman–Crippen MR) is 184 cm³/mol. The van der Waals surface area contributed by atoms with Crippen molar-refractivity contribution < 1.29 is 47.4 Å². The van der Waals surface area contributed by atoms with E-state index in [4.69, 9.17) is 23.5 Å². The summed E-state index contributed by atoms with van der Waals surface area (Å²) in [5.41, 5.74) is -0.381. The van der Waals surface area contributed by atoms with Gasteiger partial charge in [0.05, 0.1) is 18.6 Å². The number of hydrogen-bond donors (Lipinski definition) is 1. The summed E-state index contributed by atoms with van der Waals surface area (Å²) in [4.78, 5) is 70.1. The minimum atomic E-state index is -1.29. The van der Waals surface area contributed by atoms with Crippen LogP contribution >= 0.6 is 0 Å². The molecule has 2 atom stereocenters. The number of rotatable bonds is 12. The van der Waals surface area contributed by atoms with Crippen molar-refractivity contribution in [3.63, 3.8) is 0 Å². The maximum Gasteiger partial charge on any atom is 0.423 e. The minimum Gasteiger partial charge on any atom is -0.454 e. The van der Waals surface area contributed by atoms with E-state index in [0.717, 1.165) is 18.2 Å². The third-order valence-electron chi connectivity index (χ3n) is 9.44. The van der Waals surface area contributed by atoms with E-state index in [0.29, 0.717) is 35.8 Å².